The van der Waals surface area contributed by atoms with Crippen LogP contribution < -0.4 is 0 Å². The molecule has 9 nitrogen and oxygen atoms in total. The maximum atomic E-state index is 12.4. The Morgan fingerprint density at radius 2 is 1.05 bits per heavy atom. The second kappa shape index (κ2) is 41.1. The molecule has 0 aliphatic rings. The SMILES string of the molecule is CC/C=C\C/C=C\C/C=C\C/C=C\C/C=C\C=C/C(O)CCC(=O)O[C@H](COC(=O)CCCCCCCCCCC/C=C\C/C=C\CCCCC)COP(=O)(O)O. The Morgan fingerprint density at radius 1 is 0.561 bits per heavy atom. The fourth-order valence-electron chi connectivity index (χ4n) is 5.45. The quantitative estimate of drug-likeness (QED) is 0.0183. The Hall–Kier alpha value is -3.07. The van der Waals surface area contributed by atoms with Crippen molar-refractivity contribution in [3.8, 4) is 0 Å². The average molecular weight is 817 g/mol. The molecule has 3 N–H and O–H groups in total. The summed E-state index contributed by atoms with van der Waals surface area (Å²) in [4.78, 5) is 42.9. The fraction of sp³-hybridized carbons (Fsp3) is 0.617. The van der Waals surface area contributed by atoms with Crippen LogP contribution in [0, 0.1) is 0 Å². The Labute approximate surface area is 346 Å². The van der Waals surface area contributed by atoms with Crippen LogP contribution in [0.1, 0.15) is 162 Å². The second-order valence-electron chi connectivity index (χ2n) is 14.1. The molecule has 0 aliphatic carbocycles. The summed E-state index contributed by atoms with van der Waals surface area (Å²) in [6.07, 6.45) is 53.1. The first-order chi connectivity index (χ1) is 27.7. The van der Waals surface area contributed by atoms with Crippen LogP contribution >= 0.6 is 7.82 Å². The zero-order valence-electron chi connectivity index (χ0n) is 35.3. The van der Waals surface area contributed by atoms with Gasteiger partial charge in [-0.05, 0) is 77.0 Å². The van der Waals surface area contributed by atoms with Gasteiger partial charge in [0.2, 0.25) is 0 Å². The molecule has 0 spiro atoms. The van der Waals surface area contributed by atoms with E-state index in [1.54, 1.807) is 12.2 Å². The number of hydrogen-bond acceptors (Lipinski definition) is 7. The highest BCUT2D eigenvalue weighted by Crippen LogP contribution is 2.36. The molecule has 0 fully saturated rings. The maximum Gasteiger partial charge on any atom is 0.469 e. The molecule has 0 saturated heterocycles. The number of aliphatic hydroxyl groups is 1. The molecule has 0 rings (SSSR count). The highest BCUT2D eigenvalue weighted by Gasteiger charge is 2.23. The van der Waals surface area contributed by atoms with Crippen molar-refractivity contribution in [3.63, 3.8) is 0 Å². The van der Waals surface area contributed by atoms with E-state index in [9.17, 15) is 19.3 Å². The smallest absolute Gasteiger partial charge is 0.462 e. The van der Waals surface area contributed by atoms with Gasteiger partial charge in [0.15, 0.2) is 6.10 Å². The van der Waals surface area contributed by atoms with Gasteiger partial charge in [-0.2, -0.15) is 0 Å². The summed E-state index contributed by atoms with van der Waals surface area (Å²) < 4.78 is 26.2. The normalized spacial score (nSPS) is 14.0. The zero-order valence-corrected chi connectivity index (χ0v) is 36.2. The lowest BCUT2D eigenvalue weighted by atomic mass is 10.1. The van der Waals surface area contributed by atoms with Crippen molar-refractivity contribution in [2.45, 2.75) is 174 Å². The lowest BCUT2D eigenvalue weighted by Crippen LogP contribution is -2.29. The van der Waals surface area contributed by atoms with Crippen molar-refractivity contribution in [1.29, 1.82) is 0 Å². The van der Waals surface area contributed by atoms with E-state index in [1.165, 1.54) is 57.8 Å². The maximum absolute atomic E-state index is 12.4. The summed E-state index contributed by atoms with van der Waals surface area (Å²) in [5.74, 6) is -1.18. The Morgan fingerprint density at radius 3 is 1.60 bits per heavy atom. The van der Waals surface area contributed by atoms with Crippen molar-refractivity contribution < 1.29 is 43.0 Å². The molecule has 0 aliphatic heterocycles. The zero-order chi connectivity index (χ0) is 41.9. The third-order valence-electron chi connectivity index (χ3n) is 8.70. The topological polar surface area (TPSA) is 140 Å². The van der Waals surface area contributed by atoms with Gasteiger partial charge >= 0.3 is 19.8 Å². The summed E-state index contributed by atoms with van der Waals surface area (Å²) in [7, 11) is -4.83. The number of allylic oxidation sites excluding steroid dienone is 15. The molecule has 1 unspecified atom stereocenters. The van der Waals surface area contributed by atoms with E-state index < -0.39 is 38.6 Å². The van der Waals surface area contributed by atoms with Gasteiger partial charge in [0.25, 0.3) is 0 Å². The van der Waals surface area contributed by atoms with E-state index in [4.69, 9.17) is 19.3 Å². The van der Waals surface area contributed by atoms with Crippen LogP contribution in [0.25, 0.3) is 0 Å². The minimum Gasteiger partial charge on any atom is -0.462 e. The van der Waals surface area contributed by atoms with E-state index in [1.807, 2.05) is 12.2 Å². The first-order valence-electron chi connectivity index (χ1n) is 21.6. The number of esters is 2. The molecule has 0 heterocycles. The Bertz CT molecular complexity index is 1260. The molecular weight excluding hydrogens is 739 g/mol. The molecule has 0 amide bonds. The summed E-state index contributed by atoms with van der Waals surface area (Å²) in [5, 5.41) is 10.2. The minimum atomic E-state index is -4.83. The predicted octanol–water partition coefficient (Wildman–Crippen LogP) is 12.4. The molecule has 2 atom stereocenters. The number of hydrogen-bond donors (Lipinski definition) is 3. The lowest BCUT2D eigenvalue weighted by Gasteiger charge is -2.18. The van der Waals surface area contributed by atoms with Crippen LogP contribution in [0.5, 0.6) is 0 Å². The van der Waals surface area contributed by atoms with Crippen LogP contribution in [0.15, 0.2) is 97.2 Å². The van der Waals surface area contributed by atoms with Gasteiger partial charge in [0.1, 0.15) is 6.61 Å². The average Bonchev–Trinajstić information content (AvgIpc) is 3.18. The van der Waals surface area contributed by atoms with Crippen LogP contribution in [0.2, 0.25) is 0 Å². The van der Waals surface area contributed by atoms with E-state index in [2.05, 4.69) is 91.3 Å². The number of carbonyl (C=O) groups excluding carboxylic acids is 2. The number of rotatable bonds is 38. The van der Waals surface area contributed by atoms with Crippen molar-refractivity contribution in [3.05, 3.63) is 97.2 Å². The molecule has 0 bridgehead atoms. The van der Waals surface area contributed by atoms with E-state index in [-0.39, 0.29) is 25.9 Å². The summed E-state index contributed by atoms with van der Waals surface area (Å²) in [6.45, 7) is 3.33. The van der Waals surface area contributed by atoms with Crippen molar-refractivity contribution >= 4 is 19.8 Å². The highest BCUT2D eigenvalue weighted by molar-refractivity contribution is 7.46. The third-order valence-corrected chi connectivity index (χ3v) is 9.19. The van der Waals surface area contributed by atoms with Gasteiger partial charge in [0.05, 0.1) is 12.7 Å². The fourth-order valence-corrected chi connectivity index (χ4v) is 5.81. The van der Waals surface area contributed by atoms with Gasteiger partial charge in [-0.25, -0.2) is 4.57 Å². The monoisotopic (exact) mass is 817 g/mol. The lowest BCUT2D eigenvalue weighted by molar-refractivity contribution is -0.161. The molecule has 0 radical (unpaired) electrons. The van der Waals surface area contributed by atoms with Gasteiger partial charge < -0.3 is 24.4 Å². The summed E-state index contributed by atoms with van der Waals surface area (Å²) in [5.41, 5.74) is 0. The third kappa shape index (κ3) is 43.9. The van der Waals surface area contributed by atoms with Crippen LogP contribution in [0.4, 0.5) is 0 Å². The predicted molar refractivity (Wildman–Crippen MR) is 236 cm³/mol. The van der Waals surface area contributed by atoms with Crippen molar-refractivity contribution in [1.82, 2.24) is 0 Å². The minimum absolute atomic E-state index is 0.0844. The van der Waals surface area contributed by atoms with Crippen LogP contribution in [0.3, 0.4) is 0 Å². The second-order valence-corrected chi connectivity index (χ2v) is 15.4. The molecular formula is C47H77O9P. The molecule has 324 valence electrons. The Balaban J connectivity index is 4.15. The number of unbranched alkanes of at least 4 members (excludes halogenated alkanes) is 12. The van der Waals surface area contributed by atoms with Crippen molar-refractivity contribution in [2.75, 3.05) is 13.2 Å². The van der Waals surface area contributed by atoms with E-state index in [0.717, 1.165) is 64.2 Å². The number of phosphoric acid groups is 1. The molecule has 0 saturated carbocycles. The number of phosphoric ester groups is 1. The number of aliphatic hydroxyl groups excluding tert-OH is 1. The van der Waals surface area contributed by atoms with E-state index >= 15 is 0 Å². The molecule has 0 aromatic rings. The summed E-state index contributed by atoms with van der Waals surface area (Å²) in [6, 6.07) is 0. The molecule has 10 heteroatoms. The van der Waals surface area contributed by atoms with Gasteiger partial charge in [-0.3, -0.25) is 14.1 Å². The first kappa shape index (κ1) is 53.9. The van der Waals surface area contributed by atoms with Crippen LogP contribution in [-0.4, -0.2) is 52.3 Å². The largest absolute Gasteiger partial charge is 0.469 e. The Kier molecular flexibility index (Phi) is 38.9. The number of carbonyl (C=O) groups is 2. The molecule has 0 aromatic heterocycles. The molecule has 57 heavy (non-hydrogen) atoms. The first-order valence-corrected chi connectivity index (χ1v) is 23.2. The van der Waals surface area contributed by atoms with Crippen LogP contribution in [-0.2, 0) is 28.2 Å². The van der Waals surface area contributed by atoms with Gasteiger partial charge in [-0.1, -0.05) is 169 Å². The standard InChI is InChI=1S/C47H77O9P/c1-3-5-7-9-11-13-15-17-19-21-22-23-25-27-29-31-33-35-37-39-46(49)54-42-45(43-55-57(51,52)53)56-47(50)41-40-44(48)38-36-34-32-30-28-26-24-20-18-16-14-12-10-8-6-4-2/h6,8,11-14,17-20,26,28,32,34,36,38,44-45,48H,3-5,7,9-10,15-16,21-25,27,29-31,33,35,37,39-43H2,1-2H3,(H2,51,52,53)/b8-6-,13-11-,14-12-,19-17-,20-18-,28-26-,34-32-,38-36-/t44?,45-/m1/s1. The van der Waals surface area contributed by atoms with Crippen molar-refractivity contribution in [2.24, 2.45) is 0 Å². The number of ether oxygens (including phenoxy) is 2. The van der Waals surface area contributed by atoms with Gasteiger partial charge in [-0.15, -0.1) is 0 Å². The van der Waals surface area contributed by atoms with Gasteiger partial charge in [0, 0.05) is 12.8 Å². The molecule has 0 aromatic carbocycles. The van der Waals surface area contributed by atoms with E-state index in [0.29, 0.717) is 6.42 Å². The highest BCUT2D eigenvalue weighted by atomic mass is 31.2. The summed E-state index contributed by atoms with van der Waals surface area (Å²) >= 11 is 0.